The van der Waals surface area contributed by atoms with Crippen LogP contribution in [-0.4, -0.2) is 20.5 Å². The summed E-state index contributed by atoms with van der Waals surface area (Å²) in [5.74, 6) is -1.69. The average Bonchev–Trinajstić information content (AvgIpc) is 3.16. The van der Waals surface area contributed by atoms with Crippen LogP contribution in [0.1, 0.15) is 21.7 Å². The van der Waals surface area contributed by atoms with Crippen LogP contribution in [0.2, 0.25) is 0 Å². The fourth-order valence-electron chi connectivity index (χ4n) is 2.93. The number of carbonyl (C=O) groups excluding carboxylic acids is 1. The fraction of sp³-hybridized carbons (Fsp3) is 0.0952. The van der Waals surface area contributed by atoms with Crippen LogP contribution in [0.4, 0.5) is 22.0 Å². The first-order chi connectivity index (χ1) is 14.7. The van der Waals surface area contributed by atoms with Crippen molar-refractivity contribution in [1.82, 2.24) is 19.9 Å². The summed E-state index contributed by atoms with van der Waals surface area (Å²) in [6.07, 6.45) is -4.77. The number of amides is 1. The Morgan fingerprint density at radius 3 is 2.16 bits per heavy atom. The Labute approximate surface area is 172 Å². The van der Waals surface area contributed by atoms with Crippen molar-refractivity contribution in [3.8, 4) is 11.3 Å². The van der Waals surface area contributed by atoms with Gasteiger partial charge in [-0.05, 0) is 48.0 Å². The molecule has 0 radical (unpaired) electrons. The van der Waals surface area contributed by atoms with Crippen molar-refractivity contribution in [2.24, 2.45) is 0 Å². The highest BCUT2D eigenvalue weighted by Crippen LogP contribution is 2.32. The van der Waals surface area contributed by atoms with E-state index in [1.165, 1.54) is 36.4 Å². The van der Waals surface area contributed by atoms with Crippen molar-refractivity contribution in [3.05, 3.63) is 89.2 Å². The molecule has 2 aromatic heterocycles. The first-order valence-corrected chi connectivity index (χ1v) is 8.97. The van der Waals surface area contributed by atoms with Crippen molar-refractivity contribution in [2.45, 2.75) is 12.7 Å². The molecule has 0 aliphatic heterocycles. The summed E-state index contributed by atoms with van der Waals surface area (Å²) in [7, 11) is 0. The molecule has 4 aromatic rings. The van der Waals surface area contributed by atoms with Gasteiger partial charge in [-0.2, -0.15) is 18.3 Å². The molecule has 0 saturated heterocycles. The van der Waals surface area contributed by atoms with Crippen LogP contribution in [0.25, 0.3) is 16.9 Å². The first-order valence-electron chi connectivity index (χ1n) is 8.97. The minimum absolute atomic E-state index is 0.0351. The van der Waals surface area contributed by atoms with E-state index >= 15 is 0 Å². The number of benzene rings is 2. The smallest absolute Gasteiger partial charge is 0.347 e. The number of hydrogen-bond acceptors (Lipinski definition) is 3. The molecule has 0 atom stereocenters. The third-order valence-electron chi connectivity index (χ3n) is 4.46. The molecule has 158 valence electrons. The summed E-state index contributed by atoms with van der Waals surface area (Å²) in [4.78, 5) is 16.5. The van der Waals surface area contributed by atoms with E-state index in [0.717, 1.165) is 24.3 Å². The predicted molar refractivity (Wildman–Crippen MR) is 101 cm³/mol. The zero-order valence-electron chi connectivity index (χ0n) is 15.6. The molecule has 0 spiro atoms. The lowest BCUT2D eigenvalue weighted by Crippen LogP contribution is -2.23. The number of alkyl halides is 3. The average molecular weight is 432 g/mol. The largest absolute Gasteiger partial charge is 0.433 e. The van der Waals surface area contributed by atoms with E-state index in [0.29, 0.717) is 10.1 Å². The molecule has 4 rings (SSSR count). The van der Waals surface area contributed by atoms with E-state index < -0.39 is 29.4 Å². The van der Waals surface area contributed by atoms with E-state index in [2.05, 4.69) is 15.4 Å². The first kappa shape index (κ1) is 20.5. The summed E-state index contributed by atoms with van der Waals surface area (Å²) < 4.78 is 67.5. The normalized spacial score (nSPS) is 11.6. The maximum atomic E-state index is 13.6. The number of fused-ring (bicyclic) bond motifs is 1. The van der Waals surface area contributed by atoms with Gasteiger partial charge in [0, 0.05) is 18.2 Å². The van der Waals surface area contributed by atoms with Gasteiger partial charge in [-0.1, -0.05) is 12.1 Å². The Kier molecular flexibility index (Phi) is 5.14. The van der Waals surface area contributed by atoms with Gasteiger partial charge in [-0.25, -0.2) is 18.3 Å². The third kappa shape index (κ3) is 4.37. The molecule has 5 nitrogen and oxygen atoms in total. The van der Waals surface area contributed by atoms with Crippen molar-refractivity contribution in [3.63, 3.8) is 0 Å². The Balaban J connectivity index is 1.68. The lowest BCUT2D eigenvalue weighted by molar-refractivity contribution is -0.142. The van der Waals surface area contributed by atoms with Crippen LogP contribution in [0.3, 0.4) is 0 Å². The van der Waals surface area contributed by atoms with Crippen molar-refractivity contribution >= 4 is 11.6 Å². The highest BCUT2D eigenvalue weighted by atomic mass is 19.4. The van der Waals surface area contributed by atoms with Crippen LogP contribution >= 0.6 is 0 Å². The number of halogens is 5. The minimum atomic E-state index is -4.77. The number of carbonyl (C=O) groups is 1. The molecule has 10 heteroatoms. The third-order valence-corrected chi connectivity index (χ3v) is 4.46. The van der Waals surface area contributed by atoms with E-state index in [1.807, 2.05) is 0 Å². The van der Waals surface area contributed by atoms with Crippen molar-refractivity contribution < 1.29 is 26.7 Å². The predicted octanol–water partition coefficient (Wildman–Crippen LogP) is 4.62. The van der Waals surface area contributed by atoms with Crippen LogP contribution in [0, 0.1) is 11.6 Å². The Hall–Kier alpha value is -3.82. The summed E-state index contributed by atoms with van der Waals surface area (Å²) >= 11 is 0. The standard InChI is InChI=1S/C21H13F5N4O/c22-14-5-1-12(2-6-14)11-27-20(31)17-10-19-28-16(13-3-7-15(23)8-4-13)9-18(21(24,25)26)30(19)29-17/h1-10H,11H2,(H,27,31). The quantitative estimate of drug-likeness (QED) is 0.479. The lowest BCUT2D eigenvalue weighted by Gasteiger charge is -2.11. The van der Waals surface area contributed by atoms with Crippen molar-refractivity contribution in [1.29, 1.82) is 0 Å². The Bertz CT molecular complexity index is 1250. The number of rotatable bonds is 4. The molecular weight excluding hydrogens is 419 g/mol. The van der Waals surface area contributed by atoms with Gasteiger partial charge in [0.2, 0.25) is 0 Å². The molecule has 0 aliphatic carbocycles. The van der Waals surface area contributed by atoms with Gasteiger partial charge in [0.1, 0.15) is 11.6 Å². The Morgan fingerprint density at radius 2 is 1.55 bits per heavy atom. The summed E-state index contributed by atoms with van der Waals surface area (Å²) in [6, 6.07) is 12.1. The lowest BCUT2D eigenvalue weighted by atomic mass is 10.1. The second-order valence-electron chi connectivity index (χ2n) is 6.64. The van der Waals surface area contributed by atoms with Gasteiger partial charge in [0.05, 0.1) is 5.69 Å². The molecule has 0 bridgehead atoms. The summed E-state index contributed by atoms with van der Waals surface area (Å²) in [5.41, 5.74) is -0.756. The van der Waals surface area contributed by atoms with Gasteiger partial charge in [-0.3, -0.25) is 4.79 Å². The Morgan fingerprint density at radius 1 is 0.935 bits per heavy atom. The number of hydrogen-bond donors (Lipinski definition) is 1. The van der Waals surface area contributed by atoms with E-state index in [1.54, 1.807) is 0 Å². The molecule has 2 heterocycles. The second kappa shape index (κ2) is 7.78. The minimum Gasteiger partial charge on any atom is -0.347 e. The molecule has 0 aliphatic rings. The number of nitrogens with one attached hydrogen (secondary N) is 1. The topological polar surface area (TPSA) is 59.3 Å². The molecule has 1 amide bonds. The number of nitrogens with zero attached hydrogens (tertiary/aromatic N) is 3. The molecular formula is C21H13F5N4O. The van der Waals surface area contributed by atoms with Gasteiger partial charge in [-0.15, -0.1) is 0 Å². The van der Waals surface area contributed by atoms with Gasteiger partial charge in [0.15, 0.2) is 17.0 Å². The highest BCUT2D eigenvalue weighted by molar-refractivity contribution is 5.93. The van der Waals surface area contributed by atoms with E-state index in [-0.39, 0.29) is 29.1 Å². The summed E-state index contributed by atoms with van der Waals surface area (Å²) in [6.45, 7) is 0.0351. The molecule has 0 fully saturated rings. The maximum absolute atomic E-state index is 13.6. The van der Waals surface area contributed by atoms with Crippen LogP contribution in [-0.2, 0) is 12.7 Å². The SMILES string of the molecule is O=C(NCc1ccc(F)cc1)c1cc2nc(-c3ccc(F)cc3)cc(C(F)(F)F)n2n1. The van der Waals surface area contributed by atoms with Crippen LogP contribution < -0.4 is 5.32 Å². The van der Waals surface area contributed by atoms with Gasteiger partial charge >= 0.3 is 6.18 Å². The molecule has 0 unspecified atom stereocenters. The van der Waals surface area contributed by atoms with Crippen LogP contribution in [0.15, 0.2) is 60.7 Å². The second-order valence-corrected chi connectivity index (χ2v) is 6.64. The molecule has 31 heavy (non-hydrogen) atoms. The molecule has 2 aromatic carbocycles. The maximum Gasteiger partial charge on any atom is 0.433 e. The zero-order chi connectivity index (χ0) is 22.2. The van der Waals surface area contributed by atoms with Gasteiger partial charge in [0.25, 0.3) is 5.91 Å². The number of aromatic nitrogens is 3. The fourth-order valence-corrected chi connectivity index (χ4v) is 2.93. The summed E-state index contributed by atoms with van der Waals surface area (Å²) in [5, 5.41) is 6.27. The van der Waals surface area contributed by atoms with Crippen molar-refractivity contribution in [2.75, 3.05) is 0 Å². The molecule has 1 N–H and O–H groups in total. The monoisotopic (exact) mass is 432 g/mol. The van der Waals surface area contributed by atoms with E-state index in [9.17, 15) is 26.7 Å². The highest BCUT2D eigenvalue weighted by Gasteiger charge is 2.35. The molecule has 0 saturated carbocycles. The van der Waals surface area contributed by atoms with Crippen LogP contribution in [0.5, 0.6) is 0 Å². The van der Waals surface area contributed by atoms with Gasteiger partial charge < -0.3 is 5.32 Å². The zero-order valence-corrected chi connectivity index (χ0v) is 15.6. The van der Waals surface area contributed by atoms with E-state index in [4.69, 9.17) is 0 Å².